The lowest BCUT2D eigenvalue weighted by Gasteiger charge is -2.30. The van der Waals surface area contributed by atoms with E-state index in [1.54, 1.807) is 13.1 Å². The summed E-state index contributed by atoms with van der Waals surface area (Å²) < 4.78 is 0. The van der Waals surface area contributed by atoms with Crippen molar-refractivity contribution in [2.24, 2.45) is 5.92 Å². The largest absolute Gasteiger partial charge is 0.396 e. The van der Waals surface area contributed by atoms with Crippen LogP contribution in [0, 0.1) is 5.92 Å². The molecule has 1 saturated heterocycles. The van der Waals surface area contributed by atoms with Gasteiger partial charge >= 0.3 is 0 Å². The van der Waals surface area contributed by atoms with Gasteiger partial charge in [-0.25, -0.2) is 0 Å². The van der Waals surface area contributed by atoms with Gasteiger partial charge in [-0.3, -0.25) is 14.8 Å². The van der Waals surface area contributed by atoms with Crippen molar-refractivity contribution in [2.45, 2.75) is 12.8 Å². The van der Waals surface area contributed by atoms with Crippen LogP contribution in [0.3, 0.4) is 0 Å². The Morgan fingerprint density at radius 1 is 1.61 bits per heavy atom. The van der Waals surface area contributed by atoms with Crippen LogP contribution in [0.15, 0.2) is 6.07 Å². The number of aromatic nitrogens is 2. The van der Waals surface area contributed by atoms with Crippen LogP contribution in [0.2, 0.25) is 0 Å². The monoisotopic (exact) mass is 252 g/mol. The highest BCUT2D eigenvalue weighted by atomic mass is 16.3. The molecule has 0 aliphatic carbocycles. The van der Waals surface area contributed by atoms with Crippen molar-refractivity contribution >= 4 is 11.6 Å². The Hall–Kier alpha value is -1.40. The molecule has 1 aliphatic rings. The molecule has 100 valence electrons. The average Bonchev–Trinajstić information content (AvgIpc) is 2.88. The third-order valence-electron chi connectivity index (χ3n) is 3.47. The first-order valence-electron chi connectivity index (χ1n) is 6.32. The number of ketones is 1. The van der Waals surface area contributed by atoms with Gasteiger partial charge in [0.2, 0.25) is 0 Å². The first-order valence-corrected chi connectivity index (χ1v) is 6.32. The number of piperidine rings is 1. The smallest absolute Gasteiger partial charge is 0.194 e. The molecule has 1 aromatic rings. The molecule has 2 rings (SSSR count). The summed E-state index contributed by atoms with van der Waals surface area (Å²) in [5.74, 6) is 1.14. The van der Waals surface area contributed by atoms with E-state index < -0.39 is 0 Å². The molecular weight excluding hydrogens is 232 g/mol. The number of carbonyl (C=O) groups is 1. The van der Waals surface area contributed by atoms with Crippen molar-refractivity contribution < 1.29 is 9.90 Å². The van der Waals surface area contributed by atoms with E-state index in [0.29, 0.717) is 24.0 Å². The highest BCUT2D eigenvalue weighted by Gasteiger charge is 2.21. The Bertz CT molecular complexity index is 397. The van der Waals surface area contributed by atoms with Crippen LogP contribution < -0.4 is 5.32 Å². The fourth-order valence-corrected chi connectivity index (χ4v) is 2.21. The van der Waals surface area contributed by atoms with Crippen molar-refractivity contribution in [3.8, 4) is 0 Å². The molecule has 18 heavy (non-hydrogen) atoms. The van der Waals surface area contributed by atoms with Crippen LogP contribution in [-0.4, -0.2) is 59.3 Å². The van der Waals surface area contributed by atoms with Crippen LogP contribution in [-0.2, 0) is 0 Å². The Morgan fingerprint density at radius 2 is 2.33 bits per heavy atom. The first-order chi connectivity index (χ1) is 8.72. The number of H-pyrrole nitrogens is 1. The molecular formula is C12H20N4O2. The van der Waals surface area contributed by atoms with Gasteiger partial charge in [-0.15, -0.1) is 0 Å². The number of hydrogen-bond donors (Lipinski definition) is 3. The molecule has 1 fully saturated rings. The van der Waals surface area contributed by atoms with E-state index >= 15 is 0 Å². The number of aliphatic hydroxyl groups is 1. The van der Waals surface area contributed by atoms with Gasteiger partial charge in [-0.1, -0.05) is 0 Å². The standard InChI is InChI=1S/C12H20N4O2/c1-13-12-6-10(14-15-12)11(18)7-16-4-2-9(8-17)3-5-16/h6,9,17H,2-5,7-8H2,1H3,(H2,13,14,15). The maximum absolute atomic E-state index is 12.0. The van der Waals surface area contributed by atoms with E-state index in [1.807, 2.05) is 0 Å². The quantitative estimate of drug-likeness (QED) is 0.658. The maximum Gasteiger partial charge on any atom is 0.194 e. The van der Waals surface area contributed by atoms with Gasteiger partial charge in [-0.2, -0.15) is 5.10 Å². The predicted molar refractivity (Wildman–Crippen MR) is 68.7 cm³/mol. The van der Waals surface area contributed by atoms with Gasteiger partial charge in [0, 0.05) is 19.7 Å². The molecule has 0 saturated carbocycles. The summed E-state index contributed by atoms with van der Waals surface area (Å²) in [5.41, 5.74) is 0.545. The Morgan fingerprint density at radius 3 is 2.89 bits per heavy atom. The highest BCUT2D eigenvalue weighted by molar-refractivity contribution is 5.96. The minimum atomic E-state index is 0.0615. The number of Topliss-reactive ketones (excluding diaryl/α,β-unsaturated/α-hetero) is 1. The van der Waals surface area contributed by atoms with E-state index in [1.165, 1.54) is 0 Å². The second-order valence-corrected chi connectivity index (χ2v) is 4.74. The molecule has 3 N–H and O–H groups in total. The lowest BCUT2D eigenvalue weighted by molar-refractivity contribution is 0.0859. The van der Waals surface area contributed by atoms with Gasteiger partial charge in [-0.05, 0) is 31.8 Å². The normalized spacial score (nSPS) is 17.9. The number of rotatable bonds is 5. The summed E-state index contributed by atoms with van der Waals surface area (Å²) in [4.78, 5) is 14.1. The van der Waals surface area contributed by atoms with E-state index in [2.05, 4.69) is 20.4 Å². The fourth-order valence-electron chi connectivity index (χ4n) is 2.21. The second kappa shape index (κ2) is 5.97. The summed E-state index contributed by atoms with van der Waals surface area (Å²) >= 11 is 0. The highest BCUT2D eigenvalue weighted by Crippen LogP contribution is 2.16. The SMILES string of the molecule is CNc1cc(C(=O)CN2CCC(CO)CC2)[nH]n1. The number of nitrogens with one attached hydrogen (secondary N) is 2. The van der Waals surface area contributed by atoms with Crippen molar-refractivity contribution in [1.29, 1.82) is 0 Å². The first kappa shape index (κ1) is 13.0. The summed E-state index contributed by atoms with van der Waals surface area (Å²) in [7, 11) is 1.77. The Kier molecular flexibility index (Phi) is 4.33. The second-order valence-electron chi connectivity index (χ2n) is 4.74. The zero-order valence-corrected chi connectivity index (χ0v) is 10.6. The van der Waals surface area contributed by atoms with Crippen LogP contribution in [0.4, 0.5) is 5.82 Å². The number of aromatic amines is 1. The molecule has 1 aliphatic heterocycles. The zero-order chi connectivity index (χ0) is 13.0. The third-order valence-corrected chi connectivity index (χ3v) is 3.47. The average molecular weight is 252 g/mol. The number of carbonyl (C=O) groups excluding carboxylic acids is 1. The number of anilines is 1. The molecule has 0 radical (unpaired) electrons. The molecule has 0 unspecified atom stereocenters. The molecule has 1 aromatic heterocycles. The Balaban J connectivity index is 1.84. The van der Waals surface area contributed by atoms with E-state index in [0.717, 1.165) is 25.9 Å². The topological polar surface area (TPSA) is 81.3 Å². The summed E-state index contributed by atoms with van der Waals surface area (Å²) in [6.45, 7) is 2.44. The lowest BCUT2D eigenvalue weighted by Crippen LogP contribution is -2.38. The third kappa shape index (κ3) is 3.08. The zero-order valence-electron chi connectivity index (χ0n) is 10.6. The summed E-state index contributed by atoms with van der Waals surface area (Å²) in [6.07, 6.45) is 1.93. The minimum absolute atomic E-state index is 0.0615. The molecule has 6 heteroatoms. The van der Waals surface area contributed by atoms with Gasteiger partial charge in [0.15, 0.2) is 5.78 Å². The Labute approximate surface area is 106 Å². The maximum atomic E-state index is 12.0. The molecule has 2 heterocycles. The molecule has 0 spiro atoms. The van der Waals surface area contributed by atoms with Crippen molar-refractivity contribution in [3.05, 3.63) is 11.8 Å². The van der Waals surface area contributed by atoms with Crippen LogP contribution in [0.25, 0.3) is 0 Å². The molecule has 0 atom stereocenters. The van der Waals surface area contributed by atoms with Gasteiger partial charge < -0.3 is 10.4 Å². The molecule has 6 nitrogen and oxygen atoms in total. The van der Waals surface area contributed by atoms with Crippen LogP contribution in [0.5, 0.6) is 0 Å². The number of hydrogen-bond acceptors (Lipinski definition) is 5. The van der Waals surface area contributed by atoms with E-state index in [9.17, 15) is 4.79 Å². The van der Waals surface area contributed by atoms with Crippen molar-refractivity contribution in [2.75, 3.05) is 38.6 Å². The molecule has 0 amide bonds. The number of aliphatic hydroxyl groups excluding tert-OH is 1. The summed E-state index contributed by atoms with van der Waals surface area (Å²) in [5, 5.41) is 18.6. The van der Waals surface area contributed by atoms with Gasteiger partial charge in [0.25, 0.3) is 0 Å². The number of nitrogens with zero attached hydrogens (tertiary/aromatic N) is 2. The lowest BCUT2D eigenvalue weighted by atomic mass is 9.98. The molecule has 0 bridgehead atoms. The minimum Gasteiger partial charge on any atom is -0.396 e. The van der Waals surface area contributed by atoms with Crippen LogP contribution in [0.1, 0.15) is 23.3 Å². The summed E-state index contributed by atoms with van der Waals surface area (Å²) in [6, 6.07) is 1.73. The fraction of sp³-hybridized carbons (Fsp3) is 0.667. The van der Waals surface area contributed by atoms with Crippen LogP contribution >= 0.6 is 0 Å². The predicted octanol–water partition coefficient (Wildman–Crippen LogP) is 0.338. The van der Waals surface area contributed by atoms with E-state index in [4.69, 9.17) is 5.11 Å². The van der Waals surface area contributed by atoms with E-state index in [-0.39, 0.29) is 12.4 Å². The van der Waals surface area contributed by atoms with Crippen molar-refractivity contribution in [3.63, 3.8) is 0 Å². The van der Waals surface area contributed by atoms with Gasteiger partial charge in [0.1, 0.15) is 11.5 Å². The van der Waals surface area contributed by atoms with Gasteiger partial charge in [0.05, 0.1) is 6.54 Å². The molecule has 0 aromatic carbocycles. The van der Waals surface area contributed by atoms with Crippen molar-refractivity contribution in [1.82, 2.24) is 15.1 Å². The number of likely N-dealkylation sites (tertiary alicyclic amines) is 1.